The van der Waals surface area contributed by atoms with Gasteiger partial charge in [-0.15, -0.1) is 0 Å². The van der Waals surface area contributed by atoms with Crippen molar-refractivity contribution in [2.24, 2.45) is 0 Å². The zero-order chi connectivity index (χ0) is 13.1. The molecule has 1 heterocycles. The summed E-state index contributed by atoms with van der Waals surface area (Å²) >= 11 is 0. The number of rotatable bonds is 3. The van der Waals surface area contributed by atoms with E-state index in [0.29, 0.717) is 0 Å². The molecule has 1 N–H and O–H groups in total. The van der Waals surface area contributed by atoms with E-state index in [4.69, 9.17) is 0 Å². The third-order valence-corrected chi connectivity index (χ3v) is 2.49. The minimum Gasteiger partial charge on any atom is -0.507 e. The van der Waals surface area contributed by atoms with Gasteiger partial charge in [-0.2, -0.15) is 0 Å². The van der Waals surface area contributed by atoms with E-state index in [0.717, 1.165) is 6.07 Å². The lowest BCUT2D eigenvalue weighted by Gasteiger charge is -2.08. The van der Waals surface area contributed by atoms with Crippen molar-refractivity contribution >= 4 is 5.78 Å². The van der Waals surface area contributed by atoms with E-state index in [1.807, 2.05) is 0 Å². The minimum absolute atomic E-state index is 0.140. The molecule has 5 heteroatoms. The molecule has 0 saturated heterocycles. The molecule has 0 bridgehead atoms. The zero-order valence-electron chi connectivity index (χ0n) is 9.18. The fourth-order valence-electron chi connectivity index (χ4n) is 1.58. The predicted molar refractivity (Wildman–Crippen MR) is 60.7 cm³/mol. The van der Waals surface area contributed by atoms with E-state index in [9.17, 15) is 18.7 Å². The fourth-order valence-corrected chi connectivity index (χ4v) is 1.58. The van der Waals surface area contributed by atoms with E-state index in [-0.39, 0.29) is 11.1 Å². The molecule has 0 saturated carbocycles. The topological polar surface area (TPSA) is 50.2 Å². The van der Waals surface area contributed by atoms with Crippen LogP contribution in [0.15, 0.2) is 42.7 Å². The standard InChI is InChI=1S/C13H9F2NO2/c14-13(15)10-3-1-2-9(12(10)18)11(17)8-4-6-16-7-5-8/h1-7,13,18H. The third-order valence-electron chi connectivity index (χ3n) is 2.49. The van der Waals surface area contributed by atoms with Crippen molar-refractivity contribution in [2.45, 2.75) is 6.43 Å². The third kappa shape index (κ3) is 2.20. The van der Waals surface area contributed by atoms with Gasteiger partial charge in [-0.05, 0) is 24.3 Å². The summed E-state index contributed by atoms with van der Waals surface area (Å²) in [5.41, 5.74) is -0.402. The Kier molecular flexibility index (Phi) is 3.32. The summed E-state index contributed by atoms with van der Waals surface area (Å²) in [4.78, 5) is 15.8. The van der Waals surface area contributed by atoms with Crippen molar-refractivity contribution in [3.8, 4) is 5.75 Å². The largest absolute Gasteiger partial charge is 0.507 e. The Morgan fingerprint density at radius 2 is 1.83 bits per heavy atom. The Labute approximate surface area is 102 Å². The summed E-state index contributed by atoms with van der Waals surface area (Å²) in [5, 5.41) is 9.67. The molecule has 0 aliphatic carbocycles. The molecule has 0 spiro atoms. The molecule has 18 heavy (non-hydrogen) atoms. The summed E-state index contributed by atoms with van der Waals surface area (Å²) < 4.78 is 25.2. The van der Waals surface area contributed by atoms with Gasteiger partial charge < -0.3 is 5.11 Å². The first-order valence-electron chi connectivity index (χ1n) is 5.16. The second-order valence-electron chi connectivity index (χ2n) is 3.61. The van der Waals surface area contributed by atoms with Gasteiger partial charge in [-0.1, -0.05) is 6.07 Å². The zero-order valence-corrected chi connectivity index (χ0v) is 9.18. The normalized spacial score (nSPS) is 10.6. The second kappa shape index (κ2) is 4.91. The van der Waals surface area contributed by atoms with Gasteiger partial charge in [-0.25, -0.2) is 8.78 Å². The number of aromatic nitrogens is 1. The Morgan fingerprint density at radius 3 is 2.44 bits per heavy atom. The van der Waals surface area contributed by atoms with Gasteiger partial charge in [0, 0.05) is 18.0 Å². The lowest BCUT2D eigenvalue weighted by atomic mass is 10.0. The van der Waals surface area contributed by atoms with Gasteiger partial charge in [0.2, 0.25) is 0 Å². The number of phenolic OH excluding ortho intramolecular Hbond substituents is 1. The maximum absolute atomic E-state index is 12.6. The molecule has 0 aliphatic rings. The lowest BCUT2D eigenvalue weighted by molar-refractivity contribution is 0.103. The van der Waals surface area contributed by atoms with Crippen molar-refractivity contribution in [1.29, 1.82) is 0 Å². The molecule has 92 valence electrons. The van der Waals surface area contributed by atoms with Crippen LogP contribution < -0.4 is 0 Å². The number of pyridine rings is 1. The molecule has 3 nitrogen and oxygen atoms in total. The van der Waals surface area contributed by atoms with Crippen LogP contribution in [0.5, 0.6) is 5.75 Å². The van der Waals surface area contributed by atoms with Gasteiger partial charge >= 0.3 is 0 Å². The first-order valence-corrected chi connectivity index (χ1v) is 5.16. The molecule has 2 aromatic rings. The number of hydrogen-bond donors (Lipinski definition) is 1. The quantitative estimate of drug-likeness (QED) is 0.851. The summed E-state index contributed by atoms with van der Waals surface area (Å²) in [5.74, 6) is -1.19. The van der Waals surface area contributed by atoms with Crippen LogP contribution in [0.3, 0.4) is 0 Å². The highest BCUT2D eigenvalue weighted by molar-refractivity contribution is 6.10. The number of carbonyl (C=O) groups is 1. The van der Waals surface area contributed by atoms with Crippen LogP contribution in [0.1, 0.15) is 27.9 Å². The van der Waals surface area contributed by atoms with Crippen molar-refractivity contribution < 1.29 is 18.7 Å². The summed E-state index contributed by atoms with van der Waals surface area (Å²) in [7, 11) is 0. The smallest absolute Gasteiger partial charge is 0.267 e. The van der Waals surface area contributed by atoms with Crippen LogP contribution in [0, 0.1) is 0 Å². The predicted octanol–water partition coefficient (Wildman–Crippen LogP) is 2.96. The van der Waals surface area contributed by atoms with Crippen LogP contribution in [0.2, 0.25) is 0 Å². The number of hydrogen-bond acceptors (Lipinski definition) is 3. The lowest BCUT2D eigenvalue weighted by Crippen LogP contribution is -2.03. The maximum atomic E-state index is 12.6. The Balaban J connectivity index is 2.47. The van der Waals surface area contributed by atoms with Crippen LogP contribution in [-0.4, -0.2) is 15.9 Å². The highest BCUT2D eigenvalue weighted by atomic mass is 19.3. The van der Waals surface area contributed by atoms with Crippen LogP contribution in [0.25, 0.3) is 0 Å². The molecule has 0 atom stereocenters. The van der Waals surface area contributed by atoms with Crippen LogP contribution >= 0.6 is 0 Å². The molecular weight excluding hydrogens is 240 g/mol. The highest BCUT2D eigenvalue weighted by Crippen LogP contribution is 2.32. The van der Waals surface area contributed by atoms with Gasteiger partial charge in [-0.3, -0.25) is 9.78 Å². The number of carbonyl (C=O) groups excluding carboxylic acids is 1. The van der Waals surface area contributed by atoms with E-state index in [2.05, 4.69) is 4.98 Å². The Bertz CT molecular complexity index is 570. The van der Waals surface area contributed by atoms with E-state index < -0.39 is 23.5 Å². The average molecular weight is 249 g/mol. The molecular formula is C13H9F2NO2. The molecule has 1 aromatic heterocycles. The van der Waals surface area contributed by atoms with Crippen LogP contribution in [0.4, 0.5) is 8.78 Å². The second-order valence-corrected chi connectivity index (χ2v) is 3.61. The van der Waals surface area contributed by atoms with Gasteiger partial charge in [0.15, 0.2) is 5.78 Å². The Hall–Kier alpha value is -2.30. The molecule has 0 amide bonds. The molecule has 0 aliphatic heterocycles. The number of halogens is 2. The Morgan fingerprint density at radius 1 is 1.17 bits per heavy atom. The summed E-state index contributed by atoms with van der Waals surface area (Å²) in [6, 6.07) is 6.62. The summed E-state index contributed by atoms with van der Waals surface area (Å²) in [6.07, 6.45) is 0.0119. The number of alkyl halides is 2. The number of para-hydroxylation sites is 1. The van der Waals surface area contributed by atoms with E-state index in [1.165, 1.54) is 36.7 Å². The first-order chi connectivity index (χ1) is 8.61. The first kappa shape index (κ1) is 12.2. The van der Waals surface area contributed by atoms with E-state index >= 15 is 0 Å². The molecule has 2 rings (SSSR count). The fraction of sp³-hybridized carbons (Fsp3) is 0.0769. The maximum Gasteiger partial charge on any atom is 0.267 e. The minimum atomic E-state index is -2.82. The monoisotopic (exact) mass is 249 g/mol. The summed E-state index contributed by atoms with van der Waals surface area (Å²) in [6.45, 7) is 0. The molecule has 0 radical (unpaired) electrons. The van der Waals surface area contributed by atoms with E-state index in [1.54, 1.807) is 0 Å². The van der Waals surface area contributed by atoms with Gasteiger partial charge in [0.25, 0.3) is 6.43 Å². The van der Waals surface area contributed by atoms with Gasteiger partial charge in [0.1, 0.15) is 5.75 Å². The number of aromatic hydroxyl groups is 1. The van der Waals surface area contributed by atoms with Crippen molar-refractivity contribution in [1.82, 2.24) is 4.98 Å². The molecule has 0 unspecified atom stereocenters. The number of ketones is 1. The average Bonchev–Trinajstić information content (AvgIpc) is 2.39. The van der Waals surface area contributed by atoms with Crippen molar-refractivity contribution in [3.05, 3.63) is 59.4 Å². The van der Waals surface area contributed by atoms with Crippen LogP contribution in [-0.2, 0) is 0 Å². The van der Waals surface area contributed by atoms with Crippen molar-refractivity contribution in [2.75, 3.05) is 0 Å². The number of nitrogens with zero attached hydrogens (tertiary/aromatic N) is 1. The van der Waals surface area contributed by atoms with Crippen molar-refractivity contribution in [3.63, 3.8) is 0 Å². The SMILES string of the molecule is O=C(c1ccncc1)c1cccc(C(F)F)c1O. The number of phenols is 1. The van der Waals surface area contributed by atoms with Gasteiger partial charge in [0.05, 0.1) is 11.1 Å². The molecule has 1 aromatic carbocycles. The highest BCUT2D eigenvalue weighted by Gasteiger charge is 2.20. The number of benzene rings is 1. The molecule has 0 fully saturated rings.